The molecule has 0 aliphatic heterocycles. The van der Waals surface area contributed by atoms with Crippen LogP contribution in [0.15, 0.2) is 46.9 Å². The van der Waals surface area contributed by atoms with Crippen LogP contribution in [-0.4, -0.2) is 11.8 Å². The number of benzene rings is 2. The zero-order chi connectivity index (χ0) is 17.7. The van der Waals surface area contributed by atoms with Crippen LogP contribution in [0.3, 0.4) is 0 Å². The van der Waals surface area contributed by atoms with Gasteiger partial charge in [0, 0.05) is 15.8 Å². The highest BCUT2D eigenvalue weighted by Gasteiger charge is 2.14. The van der Waals surface area contributed by atoms with E-state index in [9.17, 15) is 9.59 Å². The number of amides is 2. The average molecular weight is 389 g/mol. The number of hydrogen-bond donors (Lipinski definition) is 2. The van der Waals surface area contributed by atoms with E-state index < -0.39 is 0 Å². The van der Waals surface area contributed by atoms with E-state index in [0.717, 1.165) is 21.3 Å². The lowest BCUT2D eigenvalue weighted by Gasteiger charge is -2.16. The van der Waals surface area contributed by atoms with Gasteiger partial charge in [-0.25, -0.2) is 0 Å². The van der Waals surface area contributed by atoms with Crippen LogP contribution in [0.4, 0.5) is 11.4 Å². The predicted octanol–water partition coefficient (Wildman–Crippen LogP) is 4.85. The minimum Gasteiger partial charge on any atom is -0.326 e. The summed E-state index contributed by atoms with van der Waals surface area (Å²) < 4.78 is 0.867. The molecule has 2 aromatic carbocycles. The maximum atomic E-state index is 12.2. The Morgan fingerprint density at radius 1 is 1.04 bits per heavy atom. The first-order chi connectivity index (χ1) is 11.4. The largest absolute Gasteiger partial charge is 0.326 e. The number of halogens is 1. The van der Waals surface area contributed by atoms with Crippen LogP contribution in [0.5, 0.6) is 0 Å². The molecule has 2 N–H and O–H groups in total. The summed E-state index contributed by atoms with van der Waals surface area (Å²) in [5.41, 5.74) is 3.51. The van der Waals surface area contributed by atoms with Crippen LogP contribution >= 0.6 is 15.9 Å². The van der Waals surface area contributed by atoms with Crippen molar-refractivity contribution >= 4 is 39.1 Å². The molecule has 4 nitrogen and oxygen atoms in total. The summed E-state index contributed by atoms with van der Waals surface area (Å²) in [4.78, 5) is 24.3. The molecule has 0 aliphatic rings. The number of rotatable bonds is 5. The average Bonchev–Trinajstić information content (AvgIpc) is 2.48. The summed E-state index contributed by atoms with van der Waals surface area (Å²) in [5, 5.41) is 5.60. The molecular formula is C19H21BrN2O2. The highest BCUT2D eigenvalue weighted by atomic mass is 79.9. The van der Waals surface area contributed by atoms with Gasteiger partial charge >= 0.3 is 0 Å². The zero-order valence-electron chi connectivity index (χ0n) is 14.0. The van der Waals surface area contributed by atoms with Gasteiger partial charge in [-0.1, -0.05) is 54.0 Å². The van der Waals surface area contributed by atoms with Crippen LogP contribution in [-0.2, 0) is 9.59 Å². The van der Waals surface area contributed by atoms with E-state index in [4.69, 9.17) is 0 Å². The number of anilines is 2. The quantitative estimate of drug-likeness (QED) is 0.719. The van der Waals surface area contributed by atoms with Gasteiger partial charge in [-0.3, -0.25) is 9.59 Å². The van der Waals surface area contributed by atoms with E-state index in [1.54, 1.807) is 12.1 Å². The number of carbonyl (C=O) groups is 2. The molecule has 2 rings (SSSR count). The van der Waals surface area contributed by atoms with Crippen molar-refractivity contribution in [2.45, 2.75) is 33.1 Å². The molecule has 0 fully saturated rings. The maximum Gasteiger partial charge on any atom is 0.233 e. The first-order valence-corrected chi connectivity index (χ1v) is 8.61. The van der Waals surface area contributed by atoms with Crippen LogP contribution in [0.2, 0.25) is 0 Å². The molecule has 0 spiro atoms. The van der Waals surface area contributed by atoms with Gasteiger partial charge in [0.2, 0.25) is 11.8 Å². The van der Waals surface area contributed by atoms with Crippen molar-refractivity contribution in [2.75, 3.05) is 10.6 Å². The molecular weight excluding hydrogens is 368 g/mol. The first-order valence-electron chi connectivity index (χ1n) is 7.81. The fourth-order valence-corrected chi connectivity index (χ4v) is 2.84. The van der Waals surface area contributed by atoms with Gasteiger partial charge in [-0.15, -0.1) is 0 Å². The van der Waals surface area contributed by atoms with Gasteiger partial charge < -0.3 is 10.6 Å². The molecule has 0 saturated carbocycles. The highest BCUT2D eigenvalue weighted by molar-refractivity contribution is 9.10. The molecule has 2 amide bonds. The van der Waals surface area contributed by atoms with E-state index in [2.05, 4.69) is 40.4 Å². The molecule has 24 heavy (non-hydrogen) atoms. The fourth-order valence-electron chi connectivity index (χ4n) is 2.44. The van der Waals surface area contributed by atoms with Gasteiger partial charge in [0.15, 0.2) is 0 Å². The monoisotopic (exact) mass is 388 g/mol. The molecule has 0 heterocycles. The molecule has 0 saturated heterocycles. The topological polar surface area (TPSA) is 58.2 Å². The summed E-state index contributed by atoms with van der Waals surface area (Å²) in [5.74, 6) is -0.375. The lowest BCUT2D eigenvalue weighted by Crippen LogP contribution is -2.22. The molecule has 2 aromatic rings. The van der Waals surface area contributed by atoms with Crippen molar-refractivity contribution in [1.29, 1.82) is 0 Å². The molecule has 0 aliphatic carbocycles. The van der Waals surface area contributed by atoms with Crippen molar-refractivity contribution in [3.05, 3.63) is 58.1 Å². The van der Waals surface area contributed by atoms with Gasteiger partial charge in [0.1, 0.15) is 6.42 Å². The Balaban J connectivity index is 2.02. The Morgan fingerprint density at radius 3 is 2.38 bits per heavy atom. The summed E-state index contributed by atoms with van der Waals surface area (Å²) in [6.45, 7) is 6.10. The zero-order valence-corrected chi connectivity index (χ0v) is 15.6. The van der Waals surface area contributed by atoms with E-state index in [1.807, 2.05) is 37.3 Å². The minimum absolute atomic E-state index is 0.224. The second kappa shape index (κ2) is 8.11. The van der Waals surface area contributed by atoms with Crippen LogP contribution in [0, 0.1) is 6.92 Å². The Morgan fingerprint density at radius 2 is 1.71 bits per heavy atom. The number of para-hydroxylation sites is 1. The molecule has 126 valence electrons. The second-order valence-electron chi connectivity index (χ2n) is 5.98. The lowest BCUT2D eigenvalue weighted by molar-refractivity contribution is -0.123. The van der Waals surface area contributed by atoms with Gasteiger partial charge in [0.25, 0.3) is 0 Å². The maximum absolute atomic E-state index is 12.2. The van der Waals surface area contributed by atoms with Crippen LogP contribution in [0.25, 0.3) is 0 Å². The molecule has 0 atom stereocenters. The van der Waals surface area contributed by atoms with E-state index in [1.165, 1.54) is 0 Å². The summed E-state index contributed by atoms with van der Waals surface area (Å²) in [6, 6.07) is 13.2. The standard InChI is InChI=1S/C19H21BrN2O2/c1-12(2)16-9-4-6-13(3)19(16)22-18(24)11-17(23)21-15-8-5-7-14(20)10-15/h4-10,12H,11H2,1-3H3,(H,21,23)(H,22,24). The normalized spacial score (nSPS) is 10.5. The van der Waals surface area contributed by atoms with Crippen molar-refractivity contribution in [1.82, 2.24) is 0 Å². The first kappa shape index (κ1) is 18.2. The van der Waals surface area contributed by atoms with Crippen LogP contribution < -0.4 is 10.6 Å². The van der Waals surface area contributed by atoms with Crippen molar-refractivity contribution in [3.8, 4) is 0 Å². The molecule has 5 heteroatoms. The Kier molecular flexibility index (Phi) is 6.15. The predicted molar refractivity (Wildman–Crippen MR) is 101 cm³/mol. The number of hydrogen-bond acceptors (Lipinski definition) is 2. The fraction of sp³-hybridized carbons (Fsp3) is 0.263. The molecule has 0 radical (unpaired) electrons. The SMILES string of the molecule is Cc1cccc(C(C)C)c1NC(=O)CC(=O)Nc1cccc(Br)c1. The van der Waals surface area contributed by atoms with Crippen molar-refractivity contribution in [2.24, 2.45) is 0 Å². The van der Waals surface area contributed by atoms with Gasteiger partial charge in [0.05, 0.1) is 0 Å². The third-order valence-corrected chi connectivity index (χ3v) is 4.11. The summed E-state index contributed by atoms with van der Waals surface area (Å²) >= 11 is 3.35. The van der Waals surface area contributed by atoms with Crippen molar-refractivity contribution < 1.29 is 9.59 Å². The van der Waals surface area contributed by atoms with Crippen LogP contribution in [0.1, 0.15) is 37.3 Å². The third kappa shape index (κ3) is 4.93. The van der Waals surface area contributed by atoms with E-state index in [-0.39, 0.29) is 24.2 Å². The number of nitrogens with one attached hydrogen (secondary N) is 2. The summed E-state index contributed by atoms with van der Waals surface area (Å²) in [7, 11) is 0. The molecule has 0 bridgehead atoms. The molecule has 0 unspecified atom stereocenters. The van der Waals surface area contributed by atoms with E-state index >= 15 is 0 Å². The highest BCUT2D eigenvalue weighted by Crippen LogP contribution is 2.27. The number of aryl methyl sites for hydroxylation is 1. The molecule has 0 aromatic heterocycles. The Labute approximate surface area is 150 Å². The van der Waals surface area contributed by atoms with E-state index in [0.29, 0.717) is 5.69 Å². The minimum atomic E-state index is -0.342. The van der Waals surface area contributed by atoms with Gasteiger partial charge in [-0.05, 0) is 42.2 Å². The third-order valence-electron chi connectivity index (χ3n) is 3.62. The Hall–Kier alpha value is -2.14. The Bertz CT molecular complexity index is 757. The lowest BCUT2D eigenvalue weighted by atomic mass is 9.98. The summed E-state index contributed by atoms with van der Waals surface area (Å²) in [6.07, 6.45) is -0.224. The second-order valence-corrected chi connectivity index (χ2v) is 6.89. The number of carbonyl (C=O) groups excluding carboxylic acids is 2. The smallest absolute Gasteiger partial charge is 0.233 e. The van der Waals surface area contributed by atoms with Gasteiger partial charge in [-0.2, -0.15) is 0 Å². The van der Waals surface area contributed by atoms with Crippen molar-refractivity contribution in [3.63, 3.8) is 0 Å².